The molecule has 1 amide bonds. The van der Waals surface area contributed by atoms with Crippen LogP contribution in [0.25, 0.3) is 0 Å². The fourth-order valence-electron chi connectivity index (χ4n) is 2.13. The Hall–Kier alpha value is -1.29. The van der Waals surface area contributed by atoms with Crippen molar-refractivity contribution in [3.63, 3.8) is 0 Å². The van der Waals surface area contributed by atoms with Crippen LogP contribution in [0.4, 0.5) is 5.82 Å². The smallest absolute Gasteiger partial charge is 0.255 e. The third kappa shape index (κ3) is 4.10. The van der Waals surface area contributed by atoms with Gasteiger partial charge < -0.3 is 10.2 Å². The number of carbonyl (C=O) groups excluding carboxylic acids is 1. The SMILES string of the molecule is CCCNc1ncc(C(=O)N(C)C(CC)CC)cc1Cl. The molecule has 1 aromatic heterocycles. The quantitative estimate of drug-likeness (QED) is 0.832. The zero-order chi connectivity index (χ0) is 15.1. The second-order valence-electron chi connectivity index (χ2n) is 4.87. The first-order chi connectivity index (χ1) is 9.54. The summed E-state index contributed by atoms with van der Waals surface area (Å²) < 4.78 is 0. The van der Waals surface area contributed by atoms with Crippen LogP contribution in [0.3, 0.4) is 0 Å². The standard InChI is InChI=1S/C15H24ClN3O/c1-5-8-17-14-13(16)9-11(10-18-14)15(20)19(4)12(6-2)7-3/h9-10,12H,5-8H2,1-4H3,(H,17,18). The molecule has 0 aliphatic rings. The van der Waals surface area contributed by atoms with Crippen LogP contribution in [0.5, 0.6) is 0 Å². The van der Waals surface area contributed by atoms with Gasteiger partial charge in [0, 0.05) is 25.8 Å². The second-order valence-corrected chi connectivity index (χ2v) is 5.27. The van der Waals surface area contributed by atoms with Crippen LogP contribution in [0.2, 0.25) is 5.02 Å². The van der Waals surface area contributed by atoms with Crippen molar-refractivity contribution >= 4 is 23.3 Å². The number of nitrogens with one attached hydrogen (secondary N) is 1. The molecular formula is C15H24ClN3O. The summed E-state index contributed by atoms with van der Waals surface area (Å²) in [5.74, 6) is 0.602. The van der Waals surface area contributed by atoms with E-state index in [1.165, 1.54) is 0 Å². The fourth-order valence-corrected chi connectivity index (χ4v) is 2.37. The molecular weight excluding hydrogens is 274 g/mol. The van der Waals surface area contributed by atoms with Crippen molar-refractivity contribution in [3.05, 3.63) is 22.8 Å². The average Bonchev–Trinajstić information content (AvgIpc) is 2.46. The van der Waals surface area contributed by atoms with Crippen LogP contribution in [0, 0.1) is 0 Å². The van der Waals surface area contributed by atoms with Crippen molar-refractivity contribution in [3.8, 4) is 0 Å². The average molecular weight is 298 g/mol. The molecule has 0 aliphatic carbocycles. The maximum absolute atomic E-state index is 12.4. The van der Waals surface area contributed by atoms with Crippen LogP contribution in [0.15, 0.2) is 12.3 Å². The number of aromatic nitrogens is 1. The first-order valence-electron chi connectivity index (χ1n) is 7.21. The van der Waals surface area contributed by atoms with E-state index in [0.717, 1.165) is 25.8 Å². The predicted octanol–water partition coefficient (Wildman–Crippen LogP) is 3.82. The van der Waals surface area contributed by atoms with Crippen molar-refractivity contribution in [1.29, 1.82) is 0 Å². The molecule has 4 nitrogen and oxygen atoms in total. The van der Waals surface area contributed by atoms with Gasteiger partial charge in [0.2, 0.25) is 0 Å². The number of hydrogen-bond acceptors (Lipinski definition) is 3. The van der Waals surface area contributed by atoms with Crippen molar-refractivity contribution < 1.29 is 4.79 Å². The molecule has 0 saturated heterocycles. The number of rotatable bonds is 7. The van der Waals surface area contributed by atoms with E-state index < -0.39 is 0 Å². The van der Waals surface area contributed by atoms with Crippen LogP contribution in [-0.2, 0) is 0 Å². The topological polar surface area (TPSA) is 45.2 Å². The third-order valence-corrected chi connectivity index (χ3v) is 3.73. The second kappa shape index (κ2) is 8.10. The maximum atomic E-state index is 12.4. The van der Waals surface area contributed by atoms with Gasteiger partial charge in [-0.25, -0.2) is 4.98 Å². The van der Waals surface area contributed by atoms with Crippen LogP contribution in [0.1, 0.15) is 50.4 Å². The van der Waals surface area contributed by atoms with Gasteiger partial charge in [-0.2, -0.15) is 0 Å². The molecule has 0 radical (unpaired) electrons. The van der Waals surface area contributed by atoms with Crippen molar-refractivity contribution in [2.45, 2.75) is 46.1 Å². The molecule has 0 unspecified atom stereocenters. The van der Waals surface area contributed by atoms with Gasteiger partial charge in [0.1, 0.15) is 5.82 Å². The Morgan fingerprint density at radius 3 is 2.55 bits per heavy atom. The lowest BCUT2D eigenvalue weighted by molar-refractivity contribution is 0.0723. The summed E-state index contributed by atoms with van der Waals surface area (Å²) >= 11 is 6.17. The molecule has 0 fully saturated rings. The van der Waals surface area contributed by atoms with E-state index in [4.69, 9.17) is 11.6 Å². The van der Waals surface area contributed by atoms with E-state index in [2.05, 4.69) is 31.1 Å². The Kier molecular flexibility index (Phi) is 6.79. The lowest BCUT2D eigenvalue weighted by Gasteiger charge is -2.26. The fraction of sp³-hybridized carbons (Fsp3) is 0.600. The summed E-state index contributed by atoms with van der Waals surface area (Å²) in [7, 11) is 1.83. The first kappa shape index (κ1) is 16.8. The summed E-state index contributed by atoms with van der Waals surface area (Å²) in [5.41, 5.74) is 0.534. The lowest BCUT2D eigenvalue weighted by Crippen LogP contribution is -2.36. The molecule has 0 bridgehead atoms. The lowest BCUT2D eigenvalue weighted by atomic mass is 10.1. The van der Waals surface area contributed by atoms with Gasteiger partial charge in [-0.05, 0) is 25.3 Å². The molecule has 0 aromatic carbocycles. The highest BCUT2D eigenvalue weighted by molar-refractivity contribution is 6.33. The Morgan fingerprint density at radius 1 is 1.40 bits per heavy atom. The third-order valence-electron chi connectivity index (χ3n) is 3.44. The summed E-state index contributed by atoms with van der Waals surface area (Å²) in [6.07, 6.45) is 4.47. The Labute approximate surface area is 126 Å². The number of nitrogens with zero attached hydrogens (tertiary/aromatic N) is 2. The summed E-state index contributed by atoms with van der Waals surface area (Å²) in [6.45, 7) is 7.05. The van der Waals surface area contributed by atoms with E-state index >= 15 is 0 Å². The zero-order valence-electron chi connectivity index (χ0n) is 12.7. The molecule has 0 atom stereocenters. The molecule has 0 aliphatic heterocycles. The largest absolute Gasteiger partial charge is 0.369 e. The van der Waals surface area contributed by atoms with Crippen molar-refractivity contribution in [2.75, 3.05) is 18.9 Å². The highest BCUT2D eigenvalue weighted by atomic mass is 35.5. The maximum Gasteiger partial charge on any atom is 0.255 e. The Bertz CT molecular complexity index is 447. The number of halogens is 1. The van der Waals surface area contributed by atoms with E-state index in [9.17, 15) is 4.79 Å². The molecule has 1 heterocycles. The minimum Gasteiger partial charge on any atom is -0.369 e. The van der Waals surface area contributed by atoms with Crippen molar-refractivity contribution in [1.82, 2.24) is 9.88 Å². The summed E-state index contributed by atoms with van der Waals surface area (Å²) in [6, 6.07) is 1.94. The molecule has 0 spiro atoms. The molecule has 112 valence electrons. The molecule has 0 saturated carbocycles. The van der Waals surface area contributed by atoms with Crippen molar-refractivity contribution in [2.24, 2.45) is 0 Å². The number of carbonyl (C=O) groups is 1. The minimum atomic E-state index is -0.0323. The van der Waals surface area contributed by atoms with Gasteiger partial charge in [-0.1, -0.05) is 32.4 Å². The number of hydrogen-bond donors (Lipinski definition) is 1. The van der Waals surface area contributed by atoms with Crippen LogP contribution in [-0.4, -0.2) is 35.4 Å². The molecule has 1 rings (SSSR count). The van der Waals surface area contributed by atoms with E-state index in [1.807, 2.05) is 7.05 Å². The van der Waals surface area contributed by atoms with Crippen LogP contribution >= 0.6 is 11.6 Å². The minimum absolute atomic E-state index is 0.0323. The van der Waals surface area contributed by atoms with Gasteiger partial charge >= 0.3 is 0 Å². The summed E-state index contributed by atoms with van der Waals surface area (Å²) in [4.78, 5) is 18.4. The predicted molar refractivity (Wildman–Crippen MR) is 84.5 cm³/mol. The normalized spacial score (nSPS) is 10.7. The highest BCUT2D eigenvalue weighted by Crippen LogP contribution is 2.21. The molecule has 1 N–H and O–H groups in total. The van der Waals surface area contributed by atoms with Crippen LogP contribution < -0.4 is 5.32 Å². The number of amides is 1. The number of pyridine rings is 1. The highest BCUT2D eigenvalue weighted by Gasteiger charge is 2.19. The molecule has 5 heteroatoms. The van der Waals surface area contributed by atoms with Gasteiger partial charge in [-0.15, -0.1) is 0 Å². The Balaban J connectivity index is 2.86. The van der Waals surface area contributed by atoms with Gasteiger partial charge in [0.05, 0.1) is 10.6 Å². The van der Waals surface area contributed by atoms with E-state index in [1.54, 1.807) is 17.2 Å². The first-order valence-corrected chi connectivity index (χ1v) is 7.59. The van der Waals surface area contributed by atoms with Gasteiger partial charge in [0.15, 0.2) is 0 Å². The summed E-state index contributed by atoms with van der Waals surface area (Å²) in [5, 5.41) is 3.62. The number of anilines is 1. The molecule has 1 aromatic rings. The van der Waals surface area contributed by atoms with E-state index in [-0.39, 0.29) is 11.9 Å². The monoisotopic (exact) mass is 297 g/mol. The Morgan fingerprint density at radius 2 is 2.05 bits per heavy atom. The van der Waals surface area contributed by atoms with Gasteiger partial charge in [0.25, 0.3) is 5.91 Å². The zero-order valence-corrected chi connectivity index (χ0v) is 13.5. The molecule has 20 heavy (non-hydrogen) atoms. The van der Waals surface area contributed by atoms with Gasteiger partial charge in [-0.3, -0.25) is 4.79 Å². The van der Waals surface area contributed by atoms with E-state index in [0.29, 0.717) is 16.4 Å².